The fraction of sp³-hybridized carbons (Fsp3) is 0.263. The van der Waals surface area contributed by atoms with Gasteiger partial charge >= 0.3 is 0 Å². The molecule has 1 aromatic heterocycles. The number of nitrogens with zero attached hydrogens (tertiary/aromatic N) is 3. The Balaban J connectivity index is 1.44. The minimum Gasteiger partial charge on any atom is -0.497 e. The summed E-state index contributed by atoms with van der Waals surface area (Å²) < 4.78 is 19.4. The van der Waals surface area contributed by atoms with E-state index in [9.17, 15) is 9.18 Å². The van der Waals surface area contributed by atoms with Crippen molar-refractivity contribution in [2.45, 2.75) is 0 Å². The number of benzene rings is 2. The lowest BCUT2D eigenvalue weighted by atomic mass is 10.2. The van der Waals surface area contributed by atoms with E-state index in [1.807, 2.05) is 18.2 Å². The second-order valence-corrected chi connectivity index (χ2v) is 7.13. The first-order chi connectivity index (χ1) is 12.6. The molecule has 0 unspecified atom stereocenters. The zero-order valence-corrected chi connectivity index (χ0v) is 15.1. The molecule has 3 aromatic rings. The van der Waals surface area contributed by atoms with Crippen LogP contribution in [0.15, 0.2) is 42.5 Å². The highest BCUT2D eigenvalue weighted by molar-refractivity contribution is 7.22. The second kappa shape index (κ2) is 6.92. The highest BCUT2D eigenvalue weighted by Crippen LogP contribution is 2.31. The number of rotatable bonds is 3. The third kappa shape index (κ3) is 3.22. The van der Waals surface area contributed by atoms with Crippen molar-refractivity contribution >= 4 is 32.6 Å². The van der Waals surface area contributed by atoms with E-state index in [4.69, 9.17) is 9.72 Å². The van der Waals surface area contributed by atoms with Gasteiger partial charge in [-0.1, -0.05) is 11.3 Å². The van der Waals surface area contributed by atoms with Gasteiger partial charge in [-0.15, -0.1) is 0 Å². The number of methoxy groups -OCH3 is 1. The molecule has 0 atom stereocenters. The van der Waals surface area contributed by atoms with E-state index >= 15 is 0 Å². The van der Waals surface area contributed by atoms with Crippen LogP contribution in [-0.4, -0.2) is 49.1 Å². The molecule has 5 nitrogen and oxygen atoms in total. The molecule has 1 aliphatic rings. The number of fused-ring (bicyclic) bond motifs is 1. The molecule has 0 aliphatic carbocycles. The molecule has 0 spiro atoms. The van der Waals surface area contributed by atoms with Gasteiger partial charge in [-0.25, -0.2) is 9.37 Å². The summed E-state index contributed by atoms with van der Waals surface area (Å²) in [6, 6.07) is 11.6. The fourth-order valence-electron chi connectivity index (χ4n) is 3.03. The minimum atomic E-state index is -0.334. The number of aromatic nitrogens is 1. The molecule has 4 rings (SSSR count). The van der Waals surface area contributed by atoms with Gasteiger partial charge in [0.1, 0.15) is 11.6 Å². The van der Waals surface area contributed by atoms with E-state index in [0.29, 0.717) is 18.7 Å². The topological polar surface area (TPSA) is 45.7 Å². The monoisotopic (exact) mass is 371 g/mol. The van der Waals surface area contributed by atoms with Crippen molar-refractivity contribution in [3.8, 4) is 5.75 Å². The SMILES string of the molecule is COc1ccc2nc(N3CCN(C(=O)c4ccc(F)cc4)CC3)sc2c1. The minimum absolute atomic E-state index is 0.0568. The number of ether oxygens (including phenoxy) is 1. The molecule has 0 bridgehead atoms. The van der Waals surface area contributed by atoms with Crippen LogP contribution in [0, 0.1) is 5.82 Å². The van der Waals surface area contributed by atoms with E-state index < -0.39 is 0 Å². The zero-order chi connectivity index (χ0) is 18.1. The van der Waals surface area contributed by atoms with Gasteiger partial charge < -0.3 is 14.5 Å². The smallest absolute Gasteiger partial charge is 0.253 e. The van der Waals surface area contributed by atoms with Crippen LogP contribution in [0.1, 0.15) is 10.4 Å². The van der Waals surface area contributed by atoms with Gasteiger partial charge in [0.2, 0.25) is 0 Å². The number of amides is 1. The highest BCUT2D eigenvalue weighted by Gasteiger charge is 2.24. The largest absolute Gasteiger partial charge is 0.497 e. The molecule has 2 heterocycles. The number of halogens is 1. The Bertz CT molecular complexity index is 934. The molecule has 1 aliphatic heterocycles. The molecule has 1 fully saturated rings. The summed E-state index contributed by atoms with van der Waals surface area (Å²) in [5.41, 5.74) is 1.47. The molecular weight excluding hydrogens is 353 g/mol. The maximum Gasteiger partial charge on any atom is 0.253 e. The Morgan fingerprint density at radius 3 is 2.54 bits per heavy atom. The Kier molecular flexibility index (Phi) is 4.46. The van der Waals surface area contributed by atoms with Crippen LogP contribution in [0.5, 0.6) is 5.75 Å². The second-order valence-electron chi connectivity index (χ2n) is 6.12. The third-order valence-corrected chi connectivity index (χ3v) is 5.59. The van der Waals surface area contributed by atoms with E-state index in [2.05, 4.69) is 4.90 Å². The van der Waals surface area contributed by atoms with Crippen LogP contribution in [0.2, 0.25) is 0 Å². The number of carbonyl (C=O) groups is 1. The van der Waals surface area contributed by atoms with Crippen molar-refractivity contribution in [2.75, 3.05) is 38.2 Å². The average Bonchev–Trinajstić information content (AvgIpc) is 3.11. The van der Waals surface area contributed by atoms with E-state index in [1.54, 1.807) is 23.3 Å². The molecule has 1 saturated heterocycles. The van der Waals surface area contributed by atoms with Gasteiger partial charge in [-0.05, 0) is 42.5 Å². The van der Waals surface area contributed by atoms with Crippen LogP contribution >= 0.6 is 11.3 Å². The Labute approximate surface area is 154 Å². The Hall–Kier alpha value is -2.67. The van der Waals surface area contributed by atoms with Crippen LogP contribution in [0.25, 0.3) is 10.2 Å². The summed E-state index contributed by atoms with van der Waals surface area (Å²) in [5.74, 6) is 0.430. The maximum absolute atomic E-state index is 13.0. The van der Waals surface area contributed by atoms with Gasteiger partial charge in [0.05, 0.1) is 17.3 Å². The fourth-order valence-corrected chi connectivity index (χ4v) is 4.08. The first-order valence-corrected chi connectivity index (χ1v) is 9.20. The molecule has 0 N–H and O–H groups in total. The van der Waals surface area contributed by atoms with Crippen molar-refractivity contribution in [1.29, 1.82) is 0 Å². The molecular formula is C19H18FN3O2S. The standard InChI is InChI=1S/C19H18FN3O2S/c1-25-15-6-7-16-17(12-15)26-19(21-16)23-10-8-22(9-11-23)18(24)13-2-4-14(20)5-3-13/h2-7,12H,8-11H2,1H3. The van der Waals surface area contributed by atoms with Crippen molar-refractivity contribution in [1.82, 2.24) is 9.88 Å². The molecule has 134 valence electrons. The first kappa shape index (κ1) is 16.8. The van der Waals surface area contributed by atoms with Gasteiger partial charge in [0, 0.05) is 31.7 Å². The van der Waals surface area contributed by atoms with E-state index in [1.165, 1.54) is 24.3 Å². The number of piperazine rings is 1. The predicted molar refractivity (Wildman–Crippen MR) is 101 cm³/mol. The lowest BCUT2D eigenvalue weighted by molar-refractivity contribution is 0.0746. The van der Waals surface area contributed by atoms with Crippen molar-refractivity contribution in [3.05, 3.63) is 53.8 Å². The van der Waals surface area contributed by atoms with Crippen molar-refractivity contribution in [3.63, 3.8) is 0 Å². The van der Waals surface area contributed by atoms with Crippen molar-refractivity contribution in [2.24, 2.45) is 0 Å². The molecule has 2 aromatic carbocycles. The summed E-state index contributed by atoms with van der Waals surface area (Å²) in [4.78, 5) is 21.2. The normalized spacial score (nSPS) is 14.7. The van der Waals surface area contributed by atoms with Gasteiger partial charge in [0.25, 0.3) is 5.91 Å². The van der Waals surface area contributed by atoms with Crippen LogP contribution in [0.4, 0.5) is 9.52 Å². The van der Waals surface area contributed by atoms with E-state index in [0.717, 1.165) is 34.2 Å². The molecule has 0 radical (unpaired) electrons. The summed E-state index contributed by atoms with van der Waals surface area (Å²) in [5, 5.41) is 0.960. The number of hydrogen-bond donors (Lipinski definition) is 0. The molecule has 7 heteroatoms. The van der Waals surface area contributed by atoms with Gasteiger partial charge in [0.15, 0.2) is 5.13 Å². The molecule has 26 heavy (non-hydrogen) atoms. The Morgan fingerprint density at radius 2 is 1.85 bits per heavy atom. The van der Waals surface area contributed by atoms with Gasteiger partial charge in [-0.3, -0.25) is 4.79 Å². The maximum atomic E-state index is 13.0. The first-order valence-electron chi connectivity index (χ1n) is 8.38. The van der Waals surface area contributed by atoms with E-state index in [-0.39, 0.29) is 11.7 Å². The van der Waals surface area contributed by atoms with Crippen molar-refractivity contribution < 1.29 is 13.9 Å². The molecule has 1 amide bonds. The predicted octanol–water partition coefficient (Wildman–Crippen LogP) is 3.41. The summed E-state index contributed by atoms with van der Waals surface area (Å²) >= 11 is 1.63. The quantitative estimate of drug-likeness (QED) is 0.708. The number of thiazole rings is 1. The number of carbonyl (C=O) groups excluding carboxylic acids is 1. The lowest BCUT2D eigenvalue weighted by Crippen LogP contribution is -2.48. The Morgan fingerprint density at radius 1 is 1.12 bits per heavy atom. The highest BCUT2D eigenvalue weighted by atomic mass is 32.1. The van der Waals surface area contributed by atoms with Crippen LogP contribution < -0.4 is 9.64 Å². The van der Waals surface area contributed by atoms with Gasteiger partial charge in [-0.2, -0.15) is 0 Å². The number of anilines is 1. The van der Waals surface area contributed by atoms with Crippen LogP contribution in [0.3, 0.4) is 0 Å². The third-order valence-electron chi connectivity index (χ3n) is 4.51. The average molecular weight is 371 g/mol. The summed E-state index contributed by atoms with van der Waals surface area (Å²) in [7, 11) is 1.65. The summed E-state index contributed by atoms with van der Waals surface area (Å²) in [6.45, 7) is 2.69. The number of hydrogen-bond acceptors (Lipinski definition) is 5. The molecule has 0 saturated carbocycles. The van der Waals surface area contributed by atoms with Crippen LogP contribution in [-0.2, 0) is 0 Å². The zero-order valence-electron chi connectivity index (χ0n) is 14.3. The lowest BCUT2D eigenvalue weighted by Gasteiger charge is -2.34. The summed E-state index contributed by atoms with van der Waals surface area (Å²) in [6.07, 6.45) is 0.